The summed E-state index contributed by atoms with van der Waals surface area (Å²) in [6.45, 7) is 0. The molecule has 7 heteroatoms. The summed E-state index contributed by atoms with van der Waals surface area (Å²) in [6.07, 6.45) is 4.37. The number of hydrogen-bond donors (Lipinski definition) is 3. The van der Waals surface area contributed by atoms with Gasteiger partial charge in [0.05, 0.1) is 17.1 Å². The van der Waals surface area contributed by atoms with Crippen LogP contribution in [-0.4, -0.2) is 33.8 Å². The molecule has 0 radical (unpaired) electrons. The zero-order chi connectivity index (χ0) is 20.9. The van der Waals surface area contributed by atoms with Crippen molar-refractivity contribution in [3.05, 3.63) is 59.9 Å². The van der Waals surface area contributed by atoms with E-state index in [-0.39, 0.29) is 23.8 Å². The maximum Gasteiger partial charge on any atom is 0.227 e. The van der Waals surface area contributed by atoms with Crippen LogP contribution in [0.5, 0.6) is 0 Å². The monoisotopic (exact) mass is 422 g/mol. The fourth-order valence-corrected chi connectivity index (χ4v) is 4.34. The Morgan fingerprint density at radius 3 is 2.87 bits per heavy atom. The molecule has 2 heterocycles. The Hall–Kier alpha value is -2.80. The average molecular weight is 423 g/mol. The number of carbonyl (C=O) groups excluding carboxylic acids is 2. The number of nitrogens with zero attached hydrogens (tertiary/aromatic N) is 1. The first-order valence-corrected chi connectivity index (χ1v) is 11.6. The summed E-state index contributed by atoms with van der Waals surface area (Å²) >= 11 is 1.74. The Morgan fingerprint density at radius 2 is 2.03 bits per heavy atom. The van der Waals surface area contributed by atoms with Crippen LogP contribution < -0.4 is 10.6 Å². The van der Waals surface area contributed by atoms with Crippen molar-refractivity contribution in [1.29, 1.82) is 0 Å². The summed E-state index contributed by atoms with van der Waals surface area (Å²) in [5.41, 5.74) is 3.87. The molecule has 1 aliphatic heterocycles. The number of amides is 2. The van der Waals surface area contributed by atoms with Crippen LogP contribution in [0.3, 0.4) is 0 Å². The van der Waals surface area contributed by atoms with Gasteiger partial charge in [-0.05, 0) is 55.0 Å². The third-order valence-corrected chi connectivity index (χ3v) is 6.16. The van der Waals surface area contributed by atoms with Crippen LogP contribution in [0.25, 0.3) is 11.0 Å². The lowest BCUT2D eigenvalue weighted by molar-refractivity contribution is -0.123. The number of carbonyl (C=O) groups is 2. The van der Waals surface area contributed by atoms with E-state index in [4.69, 9.17) is 0 Å². The lowest BCUT2D eigenvalue weighted by Gasteiger charge is -2.24. The van der Waals surface area contributed by atoms with E-state index in [1.807, 2.05) is 48.5 Å². The van der Waals surface area contributed by atoms with E-state index < -0.39 is 0 Å². The molecule has 0 aliphatic carbocycles. The Kier molecular flexibility index (Phi) is 6.38. The van der Waals surface area contributed by atoms with Gasteiger partial charge in [0.15, 0.2) is 0 Å². The number of para-hydroxylation sites is 3. The first kappa shape index (κ1) is 20.5. The molecule has 30 heavy (non-hydrogen) atoms. The van der Waals surface area contributed by atoms with Gasteiger partial charge in [0, 0.05) is 18.0 Å². The first-order valence-electron chi connectivity index (χ1n) is 10.3. The van der Waals surface area contributed by atoms with Crippen LogP contribution >= 0.6 is 11.8 Å². The van der Waals surface area contributed by atoms with Crippen LogP contribution in [0.1, 0.15) is 36.7 Å². The number of aromatic amines is 1. The number of hydrogen-bond acceptors (Lipinski definition) is 4. The highest BCUT2D eigenvalue weighted by Gasteiger charge is 2.27. The van der Waals surface area contributed by atoms with Crippen molar-refractivity contribution >= 4 is 40.3 Å². The van der Waals surface area contributed by atoms with Gasteiger partial charge in [-0.2, -0.15) is 11.8 Å². The molecule has 1 aromatic heterocycles. The molecule has 0 saturated heterocycles. The molecule has 6 nitrogen and oxygen atoms in total. The van der Waals surface area contributed by atoms with Gasteiger partial charge < -0.3 is 15.6 Å². The molecule has 0 fully saturated rings. The Balaban J connectivity index is 1.38. The van der Waals surface area contributed by atoms with Gasteiger partial charge >= 0.3 is 0 Å². The zero-order valence-corrected chi connectivity index (χ0v) is 17.8. The summed E-state index contributed by atoms with van der Waals surface area (Å²) in [4.78, 5) is 33.1. The van der Waals surface area contributed by atoms with Crippen molar-refractivity contribution in [2.24, 2.45) is 5.92 Å². The lowest BCUT2D eigenvalue weighted by atomic mass is 9.89. The Labute approximate surface area is 180 Å². The second kappa shape index (κ2) is 9.34. The quantitative estimate of drug-likeness (QED) is 0.511. The minimum atomic E-state index is -0.179. The third-order valence-electron chi connectivity index (χ3n) is 5.52. The predicted molar refractivity (Wildman–Crippen MR) is 121 cm³/mol. The second-order valence-electron chi connectivity index (χ2n) is 7.63. The molecule has 0 saturated carbocycles. The summed E-state index contributed by atoms with van der Waals surface area (Å²) < 4.78 is 0. The van der Waals surface area contributed by atoms with Gasteiger partial charge in [-0.15, -0.1) is 0 Å². The normalized spacial score (nSPS) is 16.7. The van der Waals surface area contributed by atoms with Crippen LogP contribution in [0.15, 0.2) is 48.5 Å². The van der Waals surface area contributed by atoms with Gasteiger partial charge in [-0.25, -0.2) is 4.98 Å². The number of benzene rings is 2. The fraction of sp³-hybridized carbons (Fsp3) is 0.348. The van der Waals surface area contributed by atoms with E-state index in [0.717, 1.165) is 40.3 Å². The number of aromatic nitrogens is 2. The van der Waals surface area contributed by atoms with Crippen LogP contribution in [0.2, 0.25) is 0 Å². The minimum absolute atomic E-state index is 0.00211. The van der Waals surface area contributed by atoms with Crippen molar-refractivity contribution < 1.29 is 9.59 Å². The first-order chi connectivity index (χ1) is 14.6. The molecule has 2 aromatic carbocycles. The highest BCUT2D eigenvalue weighted by atomic mass is 32.2. The topological polar surface area (TPSA) is 86.9 Å². The highest BCUT2D eigenvalue weighted by molar-refractivity contribution is 7.98. The average Bonchev–Trinajstić information content (AvgIpc) is 3.19. The predicted octanol–water partition coefficient (Wildman–Crippen LogP) is 4.06. The molecule has 156 valence electrons. The summed E-state index contributed by atoms with van der Waals surface area (Å²) in [5, 5.41) is 6.08. The number of fused-ring (bicyclic) bond motifs is 2. The summed E-state index contributed by atoms with van der Waals surface area (Å²) in [6, 6.07) is 15.5. The van der Waals surface area contributed by atoms with E-state index in [2.05, 4.69) is 26.9 Å². The number of nitrogens with one attached hydrogen (secondary N) is 3. The number of thioether (sulfide) groups is 1. The van der Waals surface area contributed by atoms with E-state index in [0.29, 0.717) is 19.3 Å². The molecule has 0 bridgehead atoms. The molecule has 1 aliphatic rings. The van der Waals surface area contributed by atoms with Crippen molar-refractivity contribution in [1.82, 2.24) is 15.3 Å². The molecule has 4 rings (SSSR count). The fourth-order valence-electron chi connectivity index (χ4n) is 3.87. The van der Waals surface area contributed by atoms with E-state index in [1.54, 1.807) is 11.8 Å². The molecule has 0 spiro atoms. The van der Waals surface area contributed by atoms with Gasteiger partial charge in [-0.1, -0.05) is 30.3 Å². The van der Waals surface area contributed by atoms with Crippen LogP contribution in [0, 0.1) is 5.92 Å². The Bertz CT molecular complexity index is 1020. The minimum Gasteiger partial charge on any atom is -0.346 e. The van der Waals surface area contributed by atoms with Crippen molar-refractivity contribution in [2.75, 3.05) is 17.3 Å². The molecule has 3 N–H and O–H groups in total. The molecule has 2 atom stereocenters. The van der Waals surface area contributed by atoms with E-state index in [9.17, 15) is 9.59 Å². The smallest absolute Gasteiger partial charge is 0.227 e. The lowest BCUT2D eigenvalue weighted by Crippen LogP contribution is -2.33. The maximum atomic E-state index is 12.7. The SMILES string of the molecule is CSCC[C@H](NC(=O)CC[C@H]1Cc2ccccc2NC1=O)c1nc2ccccc2[nH]1. The van der Waals surface area contributed by atoms with Crippen LogP contribution in [-0.2, 0) is 16.0 Å². The summed E-state index contributed by atoms with van der Waals surface area (Å²) in [5.74, 6) is 1.47. The molecule has 2 amide bonds. The van der Waals surface area contributed by atoms with Gasteiger partial charge in [0.25, 0.3) is 0 Å². The van der Waals surface area contributed by atoms with Crippen molar-refractivity contribution in [3.63, 3.8) is 0 Å². The number of H-pyrrole nitrogens is 1. The van der Waals surface area contributed by atoms with Gasteiger partial charge in [0.1, 0.15) is 5.82 Å². The maximum absolute atomic E-state index is 12.7. The van der Waals surface area contributed by atoms with E-state index >= 15 is 0 Å². The van der Waals surface area contributed by atoms with Crippen LogP contribution in [0.4, 0.5) is 5.69 Å². The standard InChI is InChI=1S/C23H26N4O2S/c1-30-13-12-20(22-25-18-8-4-5-9-19(18)26-22)24-21(28)11-10-16-14-15-6-2-3-7-17(15)27-23(16)29/h2-9,16,20H,10-14H2,1H3,(H,24,28)(H,25,26)(H,27,29)/t16-,20-/m0/s1. The number of imidazole rings is 1. The molecule has 0 unspecified atom stereocenters. The number of anilines is 1. The Morgan fingerprint density at radius 1 is 1.23 bits per heavy atom. The second-order valence-corrected chi connectivity index (χ2v) is 8.61. The molecular weight excluding hydrogens is 396 g/mol. The highest BCUT2D eigenvalue weighted by Crippen LogP contribution is 2.28. The van der Waals surface area contributed by atoms with Crippen molar-refractivity contribution in [2.45, 2.75) is 31.7 Å². The van der Waals surface area contributed by atoms with E-state index in [1.165, 1.54) is 0 Å². The number of rotatable bonds is 8. The molecular formula is C23H26N4O2S. The van der Waals surface area contributed by atoms with Crippen molar-refractivity contribution in [3.8, 4) is 0 Å². The summed E-state index contributed by atoms with van der Waals surface area (Å²) in [7, 11) is 0. The third kappa shape index (κ3) is 4.67. The van der Waals surface area contributed by atoms with Gasteiger partial charge in [-0.3, -0.25) is 9.59 Å². The largest absolute Gasteiger partial charge is 0.346 e. The van der Waals surface area contributed by atoms with Gasteiger partial charge in [0.2, 0.25) is 11.8 Å². The molecule has 3 aromatic rings. The zero-order valence-electron chi connectivity index (χ0n) is 17.0.